The van der Waals surface area contributed by atoms with Crippen LogP contribution in [-0.2, 0) is 14.9 Å². The largest absolute Gasteiger partial charge is 0.480 e. The number of carboxylic acids is 1. The number of carboxylic acid groups (broad SMARTS) is 1. The third-order valence-electron chi connectivity index (χ3n) is 2.45. The predicted molar refractivity (Wildman–Crippen MR) is 73.7 cm³/mol. The molecule has 0 aliphatic rings. The summed E-state index contributed by atoms with van der Waals surface area (Å²) in [7, 11) is -4.07. The van der Waals surface area contributed by atoms with Gasteiger partial charge in [0.1, 0.15) is 4.90 Å². The number of aliphatic carboxylic acids is 1. The molecule has 1 rings (SSSR count). The van der Waals surface area contributed by atoms with Gasteiger partial charge in [-0.15, -0.1) is 0 Å². The number of aromatic nitrogens is 1. The molecule has 6 N–H and O–H groups in total. The van der Waals surface area contributed by atoms with E-state index in [1.54, 1.807) is 0 Å². The molecule has 0 atom stereocenters. The SMILES string of the molecule is O=C(O)CNC(CO)(CO)CO.O=S(=O)(O)c1cccnc1. The fraction of sp³-hybridized carbons (Fsp3) is 0.455. The number of aliphatic hydroxyl groups is 3. The maximum atomic E-state index is 10.3. The molecule has 0 amide bonds. The summed E-state index contributed by atoms with van der Waals surface area (Å²) < 4.78 is 29.1. The van der Waals surface area contributed by atoms with Crippen LogP contribution >= 0.6 is 0 Å². The van der Waals surface area contributed by atoms with Crippen molar-refractivity contribution in [3.8, 4) is 0 Å². The van der Waals surface area contributed by atoms with Crippen molar-refractivity contribution in [1.82, 2.24) is 10.3 Å². The number of hydrogen-bond acceptors (Lipinski definition) is 8. The molecule has 10 nitrogen and oxygen atoms in total. The van der Waals surface area contributed by atoms with E-state index in [0.717, 1.165) is 6.20 Å². The molecule has 0 radical (unpaired) electrons. The van der Waals surface area contributed by atoms with Gasteiger partial charge in [0, 0.05) is 12.4 Å². The van der Waals surface area contributed by atoms with Crippen LogP contribution in [0.4, 0.5) is 0 Å². The highest BCUT2D eigenvalue weighted by Gasteiger charge is 2.27. The molecule has 1 heterocycles. The Morgan fingerprint density at radius 1 is 1.23 bits per heavy atom. The van der Waals surface area contributed by atoms with Gasteiger partial charge in [-0.05, 0) is 12.1 Å². The molecule has 0 saturated heterocycles. The first-order valence-corrected chi connectivity index (χ1v) is 7.31. The Hall–Kier alpha value is -1.63. The van der Waals surface area contributed by atoms with Gasteiger partial charge in [-0.1, -0.05) is 0 Å². The van der Waals surface area contributed by atoms with E-state index in [9.17, 15) is 13.2 Å². The zero-order valence-corrected chi connectivity index (χ0v) is 12.3. The van der Waals surface area contributed by atoms with Gasteiger partial charge in [0.15, 0.2) is 0 Å². The fourth-order valence-electron chi connectivity index (χ4n) is 1.08. The van der Waals surface area contributed by atoms with Gasteiger partial charge in [-0.3, -0.25) is 19.6 Å². The maximum absolute atomic E-state index is 10.3. The Balaban J connectivity index is 0.000000406. The molecule has 1 aromatic heterocycles. The van der Waals surface area contributed by atoms with E-state index < -0.39 is 48.0 Å². The minimum absolute atomic E-state index is 0.185. The molecule has 0 aromatic carbocycles. The van der Waals surface area contributed by atoms with Gasteiger partial charge in [0.2, 0.25) is 0 Å². The van der Waals surface area contributed by atoms with Gasteiger partial charge in [0.25, 0.3) is 10.1 Å². The molecule has 0 spiro atoms. The molecule has 0 fully saturated rings. The van der Waals surface area contributed by atoms with E-state index in [4.69, 9.17) is 25.0 Å². The van der Waals surface area contributed by atoms with Crippen molar-refractivity contribution in [2.75, 3.05) is 26.4 Å². The summed E-state index contributed by atoms with van der Waals surface area (Å²) in [6.07, 6.45) is 2.50. The fourth-order valence-corrected chi connectivity index (χ4v) is 1.53. The molecule has 0 aliphatic carbocycles. The van der Waals surface area contributed by atoms with E-state index in [0.29, 0.717) is 0 Å². The van der Waals surface area contributed by atoms with Gasteiger partial charge >= 0.3 is 5.97 Å². The summed E-state index contributed by atoms with van der Waals surface area (Å²) in [5, 5.41) is 36.7. The number of hydrogen-bond donors (Lipinski definition) is 6. The van der Waals surface area contributed by atoms with E-state index in [-0.39, 0.29) is 4.90 Å². The van der Waals surface area contributed by atoms with Crippen LogP contribution in [0.15, 0.2) is 29.4 Å². The third-order valence-corrected chi connectivity index (χ3v) is 3.29. The van der Waals surface area contributed by atoms with Crippen molar-refractivity contribution in [3.63, 3.8) is 0 Å². The smallest absolute Gasteiger partial charge is 0.317 e. The average Bonchev–Trinajstić information content (AvgIpc) is 2.50. The van der Waals surface area contributed by atoms with Crippen molar-refractivity contribution in [3.05, 3.63) is 24.5 Å². The second kappa shape index (κ2) is 9.40. The molecule has 11 heteroatoms. The second-order valence-electron chi connectivity index (χ2n) is 4.17. The highest BCUT2D eigenvalue weighted by molar-refractivity contribution is 7.85. The highest BCUT2D eigenvalue weighted by Crippen LogP contribution is 2.03. The molecular weight excluding hydrogens is 320 g/mol. The second-order valence-corrected chi connectivity index (χ2v) is 5.59. The molecular formula is C11H18N2O8S. The summed E-state index contributed by atoms with van der Waals surface area (Å²) in [6, 6.07) is 2.70. The van der Waals surface area contributed by atoms with Crippen LogP contribution in [0.2, 0.25) is 0 Å². The summed E-state index contributed by atoms with van der Waals surface area (Å²) in [5.41, 5.74) is -1.31. The lowest BCUT2D eigenvalue weighted by atomic mass is 10.0. The summed E-state index contributed by atoms with van der Waals surface area (Å²) in [5.74, 6) is -1.12. The molecule has 0 bridgehead atoms. The van der Waals surface area contributed by atoms with Gasteiger partial charge in [0.05, 0.1) is 31.9 Å². The monoisotopic (exact) mass is 338 g/mol. The summed E-state index contributed by atoms with van der Waals surface area (Å²) in [4.78, 5) is 13.4. The molecule has 126 valence electrons. The zero-order chi connectivity index (χ0) is 17.2. The van der Waals surface area contributed by atoms with E-state index in [1.807, 2.05) is 0 Å². The van der Waals surface area contributed by atoms with E-state index >= 15 is 0 Å². The average molecular weight is 338 g/mol. The Labute approximate surface area is 126 Å². The van der Waals surface area contributed by atoms with Crippen molar-refractivity contribution in [2.24, 2.45) is 0 Å². The number of nitrogens with one attached hydrogen (secondary N) is 1. The number of pyridine rings is 1. The summed E-state index contributed by atoms with van der Waals surface area (Å²) in [6.45, 7) is -1.98. The first-order chi connectivity index (χ1) is 10.2. The first-order valence-electron chi connectivity index (χ1n) is 5.87. The van der Waals surface area contributed by atoms with Crippen LogP contribution in [0.3, 0.4) is 0 Å². The minimum atomic E-state index is -4.07. The number of rotatable bonds is 7. The van der Waals surface area contributed by atoms with Gasteiger partial charge in [-0.2, -0.15) is 8.42 Å². The lowest BCUT2D eigenvalue weighted by Gasteiger charge is -2.27. The molecule has 1 aromatic rings. The van der Waals surface area contributed by atoms with Crippen molar-refractivity contribution in [2.45, 2.75) is 10.4 Å². The standard InChI is InChI=1S/C6H13NO5.C5H5NO3S/c8-2-6(3-9,4-10)7-1-5(11)12;7-10(8,9)5-2-1-3-6-4-5/h7-10H,1-4H2,(H,11,12);1-4H,(H,7,8,9). The minimum Gasteiger partial charge on any atom is -0.480 e. The van der Waals surface area contributed by atoms with Crippen LogP contribution in [0.25, 0.3) is 0 Å². The van der Waals surface area contributed by atoms with E-state index in [2.05, 4.69) is 10.3 Å². The Kier molecular flexibility index (Phi) is 8.70. The molecule has 0 saturated carbocycles. The molecule has 0 aliphatic heterocycles. The van der Waals surface area contributed by atoms with Gasteiger partial charge < -0.3 is 20.4 Å². The molecule has 22 heavy (non-hydrogen) atoms. The lowest BCUT2D eigenvalue weighted by Crippen LogP contribution is -2.56. The normalized spacial score (nSPS) is 11.5. The van der Waals surface area contributed by atoms with Crippen LogP contribution in [0, 0.1) is 0 Å². The molecule has 0 unspecified atom stereocenters. The zero-order valence-electron chi connectivity index (χ0n) is 11.5. The maximum Gasteiger partial charge on any atom is 0.317 e. The summed E-state index contributed by atoms with van der Waals surface area (Å²) >= 11 is 0. The predicted octanol–water partition coefficient (Wildman–Crippen LogP) is -2.30. The Morgan fingerprint density at radius 2 is 1.77 bits per heavy atom. The van der Waals surface area contributed by atoms with Crippen LogP contribution in [-0.4, -0.2) is 76.3 Å². The number of aliphatic hydroxyl groups excluding tert-OH is 3. The Morgan fingerprint density at radius 3 is 2.05 bits per heavy atom. The van der Waals surface area contributed by atoms with Crippen molar-refractivity contribution >= 4 is 16.1 Å². The third kappa shape index (κ3) is 7.40. The number of nitrogens with zero attached hydrogens (tertiary/aromatic N) is 1. The van der Waals surface area contributed by atoms with Crippen molar-refractivity contribution < 1.29 is 38.2 Å². The quantitative estimate of drug-likeness (QED) is 0.296. The Bertz CT molecular complexity index is 536. The number of carbonyl (C=O) groups is 1. The van der Waals surface area contributed by atoms with Crippen LogP contribution < -0.4 is 5.32 Å². The highest BCUT2D eigenvalue weighted by atomic mass is 32.2. The van der Waals surface area contributed by atoms with Crippen LogP contribution in [0.5, 0.6) is 0 Å². The van der Waals surface area contributed by atoms with E-state index in [1.165, 1.54) is 18.3 Å². The van der Waals surface area contributed by atoms with Crippen LogP contribution in [0.1, 0.15) is 0 Å². The first kappa shape index (κ1) is 20.4. The lowest BCUT2D eigenvalue weighted by molar-refractivity contribution is -0.136. The van der Waals surface area contributed by atoms with Crippen molar-refractivity contribution in [1.29, 1.82) is 0 Å². The topological polar surface area (TPSA) is 177 Å². The van der Waals surface area contributed by atoms with Gasteiger partial charge in [-0.25, -0.2) is 0 Å².